The molecule has 0 spiro atoms. The summed E-state index contributed by atoms with van der Waals surface area (Å²) in [5.74, 6) is -1.48. The number of carboxylic acids is 1. The molecule has 1 amide bonds. The lowest BCUT2D eigenvalue weighted by atomic mass is 9.86. The summed E-state index contributed by atoms with van der Waals surface area (Å²) in [5.41, 5.74) is -0.868. The van der Waals surface area contributed by atoms with Gasteiger partial charge in [-0.25, -0.2) is 13.1 Å². The molecule has 0 atom stereocenters. The van der Waals surface area contributed by atoms with Gasteiger partial charge in [-0.3, -0.25) is 9.59 Å². The fraction of sp³-hybridized carbons (Fsp3) is 0.538. The van der Waals surface area contributed by atoms with Crippen molar-refractivity contribution >= 4 is 33.2 Å². The lowest BCUT2D eigenvalue weighted by Crippen LogP contribution is -2.53. The summed E-state index contributed by atoms with van der Waals surface area (Å²) in [6, 6.07) is 1.28. The van der Waals surface area contributed by atoms with Crippen LogP contribution in [0.4, 0.5) is 0 Å². The van der Waals surface area contributed by atoms with Gasteiger partial charge in [-0.05, 0) is 26.0 Å². The molecule has 23 heavy (non-hydrogen) atoms. The second-order valence-electron chi connectivity index (χ2n) is 5.27. The van der Waals surface area contributed by atoms with E-state index in [4.69, 9.17) is 9.84 Å². The summed E-state index contributed by atoms with van der Waals surface area (Å²) in [5, 5.41) is 13.2. The maximum atomic E-state index is 12.4. The smallest absolute Gasteiger partial charge is 0.305 e. The van der Waals surface area contributed by atoms with Crippen LogP contribution in [-0.2, 0) is 19.6 Å². The van der Waals surface area contributed by atoms with Crippen LogP contribution in [0.1, 0.15) is 28.9 Å². The normalized spacial score (nSPS) is 17.6. The Morgan fingerprint density at radius 1 is 1.39 bits per heavy atom. The molecule has 1 fully saturated rings. The molecule has 3 N–H and O–H groups in total. The summed E-state index contributed by atoms with van der Waals surface area (Å²) in [6.45, 7) is 0.745. The molecule has 0 unspecified atom stereocenters. The molecule has 0 aromatic carbocycles. The first-order valence-electron chi connectivity index (χ1n) is 6.92. The lowest BCUT2D eigenvalue weighted by Gasteiger charge is -2.36. The Balaban J connectivity index is 2.17. The van der Waals surface area contributed by atoms with Crippen LogP contribution < -0.4 is 10.0 Å². The lowest BCUT2D eigenvalue weighted by molar-refractivity contribution is -0.139. The van der Waals surface area contributed by atoms with E-state index in [0.29, 0.717) is 26.1 Å². The second kappa shape index (κ2) is 6.95. The fourth-order valence-electron chi connectivity index (χ4n) is 2.40. The van der Waals surface area contributed by atoms with Crippen LogP contribution in [0.25, 0.3) is 0 Å². The summed E-state index contributed by atoms with van der Waals surface area (Å²) in [7, 11) is -2.32. The molecular weight excluding hydrogens is 344 g/mol. The molecule has 1 aromatic heterocycles. The molecule has 0 radical (unpaired) electrons. The Bertz CT molecular complexity index is 691. The highest BCUT2D eigenvalue weighted by Gasteiger charge is 2.37. The van der Waals surface area contributed by atoms with E-state index in [0.717, 1.165) is 11.3 Å². The summed E-state index contributed by atoms with van der Waals surface area (Å²) < 4.78 is 30.8. The molecule has 128 valence electrons. The Morgan fingerprint density at radius 2 is 2.04 bits per heavy atom. The van der Waals surface area contributed by atoms with Crippen molar-refractivity contribution < 1.29 is 27.9 Å². The molecule has 1 aromatic rings. The van der Waals surface area contributed by atoms with Gasteiger partial charge in [0.25, 0.3) is 5.91 Å². The molecule has 0 bridgehead atoms. The van der Waals surface area contributed by atoms with Crippen LogP contribution >= 0.6 is 11.3 Å². The van der Waals surface area contributed by atoms with Crippen LogP contribution in [0.5, 0.6) is 0 Å². The molecular formula is C13H18N2O6S2. The maximum absolute atomic E-state index is 12.4. The molecule has 1 saturated heterocycles. The quantitative estimate of drug-likeness (QED) is 0.674. The molecule has 1 aliphatic rings. The van der Waals surface area contributed by atoms with Crippen molar-refractivity contribution in [3.8, 4) is 0 Å². The van der Waals surface area contributed by atoms with Gasteiger partial charge < -0.3 is 15.2 Å². The van der Waals surface area contributed by atoms with Crippen LogP contribution in [0.15, 0.2) is 16.3 Å². The van der Waals surface area contributed by atoms with Crippen LogP contribution in [-0.4, -0.2) is 51.2 Å². The molecule has 1 aliphatic heterocycles. The summed E-state index contributed by atoms with van der Waals surface area (Å²) >= 11 is 0.996. The average molecular weight is 362 g/mol. The zero-order valence-corrected chi connectivity index (χ0v) is 14.1. The number of amides is 1. The predicted molar refractivity (Wildman–Crippen MR) is 83.1 cm³/mol. The SMILES string of the molecule is CNS(=O)(=O)c1csc(C(=O)NC2(CC(=O)O)CCOCC2)c1. The number of aliphatic carboxylic acids is 1. The van der Waals surface area contributed by atoms with Gasteiger partial charge in [0.1, 0.15) is 0 Å². The van der Waals surface area contributed by atoms with Crippen LogP contribution in [0.2, 0.25) is 0 Å². The van der Waals surface area contributed by atoms with E-state index in [1.54, 1.807) is 0 Å². The van der Waals surface area contributed by atoms with Crippen molar-refractivity contribution in [1.82, 2.24) is 10.0 Å². The topological polar surface area (TPSA) is 122 Å². The molecule has 8 nitrogen and oxygen atoms in total. The van der Waals surface area contributed by atoms with Gasteiger partial charge in [0.2, 0.25) is 10.0 Å². The first kappa shape index (κ1) is 17.9. The van der Waals surface area contributed by atoms with Crippen molar-refractivity contribution in [2.24, 2.45) is 0 Å². The zero-order valence-electron chi connectivity index (χ0n) is 12.5. The van der Waals surface area contributed by atoms with Gasteiger partial charge in [0, 0.05) is 18.6 Å². The number of carbonyl (C=O) groups is 2. The van der Waals surface area contributed by atoms with Crippen LogP contribution in [0.3, 0.4) is 0 Å². The number of sulfonamides is 1. The molecule has 0 saturated carbocycles. The Kier molecular flexibility index (Phi) is 5.40. The van der Waals surface area contributed by atoms with Crippen molar-refractivity contribution in [2.45, 2.75) is 29.7 Å². The zero-order chi connectivity index (χ0) is 17.1. The highest BCUT2D eigenvalue weighted by Crippen LogP contribution is 2.26. The first-order valence-corrected chi connectivity index (χ1v) is 9.28. The minimum Gasteiger partial charge on any atom is -0.481 e. The molecule has 2 heterocycles. The number of hydrogen-bond acceptors (Lipinski definition) is 6. The van der Waals surface area contributed by atoms with E-state index in [9.17, 15) is 18.0 Å². The number of rotatable bonds is 6. The number of nitrogens with one attached hydrogen (secondary N) is 2. The predicted octanol–water partition coefficient (Wildman–Crippen LogP) is 0.410. The number of hydrogen-bond donors (Lipinski definition) is 3. The van der Waals surface area contributed by atoms with Gasteiger partial charge >= 0.3 is 5.97 Å². The Labute approximate surface area is 137 Å². The first-order chi connectivity index (χ1) is 10.8. The van der Waals surface area contributed by atoms with Gasteiger partial charge in [-0.15, -0.1) is 11.3 Å². The van der Waals surface area contributed by atoms with Crippen molar-refractivity contribution in [1.29, 1.82) is 0 Å². The van der Waals surface area contributed by atoms with E-state index >= 15 is 0 Å². The average Bonchev–Trinajstić information content (AvgIpc) is 2.98. The van der Waals surface area contributed by atoms with Gasteiger partial charge in [0.05, 0.1) is 21.7 Å². The summed E-state index contributed by atoms with van der Waals surface area (Å²) in [6.07, 6.45) is 0.602. The Morgan fingerprint density at radius 3 is 2.61 bits per heavy atom. The van der Waals surface area contributed by atoms with E-state index in [-0.39, 0.29) is 16.2 Å². The number of carbonyl (C=O) groups excluding carboxylic acids is 1. The number of carboxylic acid groups (broad SMARTS) is 1. The van der Waals surface area contributed by atoms with E-state index in [2.05, 4.69) is 10.0 Å². The van der Waals surface area contributed by atoms with Crippen molar-refractivity contribution in [3.63, 3.8) is 0 Å². The third-order valence-corrected chi connectivity index (χ3v) is 6.17. The second-order valence-corrected chi connectivity index (χ2v) is 8.07. The molecule has 0 aliphatic carbocycles. The minimum absolute atomic E-state index is 0.00871. The standard InChI is InChI=1S/C13H18N2O6S2/c1-14-23(19,20)9-6-10(22-8-9)12(18)15-13(7-11(16)17)2-4-21-5-3-13/h6,8,14H,2-5,7H2,1H3,(H,15,18)(H,16,17). The summed E-state index contributed by atoms with van der Waals surface area (Å²) in [4.78, 5) is 23.7. The number of ether oxygens (including phenoxy) is 1. The monoisotopic (exact) mass is 362 g/mol. The highest BCUT2D eigenvalue weighted by molar-refractivity contribution is 7.89. The Hall–Kier alpha value is -1.49. The third-order valence-electron chi connectivity index (χ3n) is 3.70. The van der Waals surface area contributed by atoms with Gasteiger partial charge in [-0.1, -0.05) is 0 Å². The maximum Gasteiger partial charge on any atom is 0.305 e. The minimum atomic E-state index is -3.61. The largest absolute Gasteiger partial charge is 0.481 e. The number of thiophene rings is 1. The van der Waals surface area contributed by atoms with E-state index < -0.39 is 27.4 Å². The fourth-order valence-corrected chi connectivity index (χ4v) is 4.30. The van der Waals surface area contributed by atoms with Gasteiger partial charge in [-0.2, -0.15) is 0 Å². The van der Waals surface area contributed by atoms with E-state index in [1.165, 1.54) is 18.5 Å². The third kappa shape index (κ3) is 4.28. The highest BCUT2D eigenvalue weighted by atomic mass is 32.2. The molecule has 10 heteroatoms. The molecule has 2 rings (SSSR count). The van der Waals surface area contributed by atoms with Crippen LogP contribution in [0, 0.1) is 0 Å². The van der Waals surface area contributed by atoms with E-state index in [1.807, 2.05) is 0 Å². The van der Waals surface area contributed by atoms with Crippen molar-refractivity contribution in [3.05, 3.63) is 16.3 Å². The van der Waals surface area contributed by atoms with Crippen molar-refractivity contribution in [2.75, 3.05) is 20.3 Å². The van der Waals surface area contributed by atoms with Gasteiger partial charge in [0.15, 0.2) is 0 Å².